The molecule has 28 heavy (non-hydrogen) atoms. The molecule has 0 spiro atoms. The van der Waals surface area contributed by atoms with Crippen LogP contribution in [0, 0.1) is 0 Å². The summed E-state index contributed by atoms with van der Waals surface area (Å²) in [5.74, 6) is 0.779. The van der Waals surface area contributed by atoms with E-state index < -0.39 is 0 Å². The predicted molar refractivity (Wildman–Crippen MR) is 111 cm³/mol. The number of nitrogens with zero attached hydrogens (tertiary/aromatic N) is 3. The maximum absolute atomic E-state index is 13.1. The summed E-state index contributed by atoms with van der Waals surface area (Å²) >= 11 is 0. The Kier molecular flexibility index (Phi) is 7.20. The normalized spacial score (nSPS) is 16.8. The van der Waals surface area contributed by atoms with Crippen molar-refractivity contribution in [2.24, 2.45) is 0 Å². The van der Waals surface area contributed by atoms with Gasteiger partial charge in [0.05, 0.1) is 0 Å². The lowest BCUT2D eigenvalue weighted by Gasteiger charge is -2.39. The highest BCUT2D eigenvalue weighted by molar-refractivity contribution is 5.94. The zero-order valence-electron chi connectivity index (χ0n) is 16.6. The molecule has 1 fully saturated rings. The van der Waals surface area contributed by atoms with Crippen LogP contribution in [0.25, 0.3) is 0 Å². The molecule has 2 aromatic rings. The van der Waals surface area contributed by atoms with Gasteiger partial charge in [0.15, 0.2) is 0 Å². The Labute approximate surface area is 167 Å². The third kappa shape index (κ3) is 5.20. The second kappa shape index (κ2) is 10.0. The van der Waals surface area contributed by atoms with Crippen LogP contribution in [0.5, 0.6) is 5.75 Å². The summed E-state index contributed by atoms with van der Waals surface area (Å²) in [6.45, 7) is 9.69. The molecule has 1 aliphatic heterocycles. The van der Waals surface area contributed by atoms with Gasteiger partial charge in [0.2, 0.25) is 0 Å². The minimum atomic E-state index is 0.0775. The second-order valence-corrected chi connectivity index (χ2v) is 7.09. The van der Waals surface area contributed by atoms with E-state index in [-0.39, 0.29) is 5.91 Å². The van der Waals surface area contributed by atoms with Crippen molar-refractivity contribution in [2.45, 2.75) is 32.4 Å². The zero-order valence-corrected chi connectivity index (χ0v) is 16.6. The summed E-state index contributed by atoms with van der Waals surface area (Å²) in [4.78, 5) is 21.6. The maximum atomic E-state index is 13.1. The van der Waals surface area contributed by atoms with Crippen molar-refractivity contribution in [3.63, 3.8) is 0 Å². The molecule has 1 aromatic heterocycles. The molecule has 0 N–H and O–H groups in total. The Bertz CT molecular complexity index is 778. The van der Waals surface area contributed by atoms with E-state index in [1.807, 2.05) is 41.6 Å². The van der Waals surface area contributed by atoms with Gasteiger partial charge in [0.25, 0.3) is 5.91 Å². The minimum Gasteiger partial charge on any atom is -0.490 e. The number of pyridine rings is 1. The van der Waals surface area contributed by atoms with Gasteiger partial charge in [-0.05, 0) is 55.3 Å². The minimum absolute atomic E-state index is 0.0775. The third-order valence-electron chi connectivity index (χ3n) is 5.19. The number of carbonyl (C=O) groups is 1. The van der Waals surface area contributed by atoms with Crippen LogP contribution in [0.2, 0.25) is 0 Å². The highest BCUT2D eigenvalue weighted by atomic mass is 16.5. The molecule has 148 valence electrons. The van der Waals surface area contributed by atoms with Crippen molar-refractivity contribution in [1.82, 2.24) is 14.8 Å². The number of benzene rings is 1. The molecule has 2 heterocycles. The number of amides is 1. The summed E-state index contributed by atoms with van der Waals surface area (Å²) in [7, 11) is 0. The molecule has 0 saturated carbocycles. The molecule has 1 aromatic carbocycles. The molecule has 0 aliphatic carbocycles. The van der Waals surface area contributed by atoms with Gasteiger partial charge in [-0.1, -0.05) is 25.6 Å². The van der Waals surface area contributed by atoms with Gasteiger partial charge in [0, 0.05) is 43.6 Å². The summed E-state index contributed by atoms with van der Waals surface area (Å²) in [6, 6.07) is 11.9. The Hall–Kier alpha value is -2.66. The van der Waals surface area contributed by atoms with Gasteiger partial charge in [-0.15, -0.1) is 0 Å². The van der Waals surface area contributed by atoms with Crippen molar-refractivity contribution in [1.29, 1.82) is 0 Å². The van der Waals surface area contributed by atoms with Gasteiger partial charge in [-0.25, -0.2) is 0 Å². The number of likely N-dealkylation sites (N-methyl/N-ethyl adjacent to an activating group) is 1. The van der Waals surface area contributed by atoms with Crippen LogP contribution in [-0.4, -0.2) is 53.0 Å². The van der Waals surface area contributed by atoms with E-state index in [2.05, 4.69) is 35.5 Å². The topological polar surface area (TPSA) is 45.7 Å². The first-order valence-electron chi connectivity index (χ1n) is 9.97. The SMILES string of the molecule is C=CCOc1cccc(C(=O)N2CCCC(N(CC)Cc3ccncc3)C2)c1. The third-order valence-corrected chi connectivity index (χ3v) is 5.19. The molecule has 1 saturated heterocycles. The number of rotatable bonds is 8. The first-order chi connectivity index (χ1) is 13.7. The van der Waals surface area contributed by atoms with E-state index in [0.29, 0.717) is 24.0 Å². The highest BCUT2D eigenvalue weighted by Crippen LogP contribution is 2.21. The molecule has 5 nitrogen and oxygen atoms in total. The van der Waals surface area contributed by atoms with Crippen LogP contribution >= 0.6 is 0 Å². The average molecular weight is 380 g/mol. The second-order valence-electron chi connectivity index (χ2n) is 7.09. The molecule has 1 atom stereocenters. The molecule has 0 bridgehead atoms. The van der Waals surface area contributed by atoms with Crippen molar-refractivity contribution >= 4 is 5.91 Å². The monoisotopic (exact) mass is 379 g/mol. The molecule has 5 heteroatoms. The van der Waals surface area contributed by atoms with Gasteiger partial charge in [-0.3, -0.25) is 14.7 Å². The molecule has 1 unspecified atom stereocenters. The summed E-state index contributed by atoms with van der Waals surface area (Å²) < 4.78 is 5.57. The molecule has 0 radical (unpaired) electrons. The summed E-state index contributed by atoms with van der Waals surface area (Å²) in [5.41, 5.74) is 1.94. The van der Waals surface area contributed by atoms with Gasteiger partial charge >= 0.3 is 0 Å². The van der Waals surface area contributed by atoms with Crippen molar-refractivity contribution in [3.8, 4) is 5.75 Å². The Morgan fingerprint density at radius 2 is 2.18 bits per heavy atom. The lowest BCUT2D eigenvalue weighted by molar-refractivity contribution is 0.0569. The van der Waals surface area contributed by atoms with Gasteiger partial charge < -0.3 is 9.64 Å². The van der Waals surface area contributed by atoms with Crippen LogP contribution in [0.3, 0.4) is 0 Å². The van der Waals surface area contributed by atoms with Crippen LogP contribution in [0.1, 0.15) is 35.7 Å². The molecule has 3 rings (SSSR count). The van der Waals surface area contributed by atoms with Gasteiger partial charge in [-0.2, -0.15) is 0 Å². The van der Waals surface area contributed by atoms with Gasteiger partial charge in [0.1, 0.15) is 12.4 Å². The number of hydrogen-bond acceptors (Lipinski definition) is 4. The molecule has 1 aliphatic rings. The lowest BCUT2D eigenvalue weighted by atomic mass is 10.0. The average Bonchev–Trinajstić information content (AvgIpc) is 2.76. The summed E-state index contributed by atoms with van der Waals surface area (Å²) in [6.07, 6.45) is 7.51. The smallest absolute Gasteiger partial charge is 0.254 e. The standard InChI is InChI=1S/C23H29N3O2/c1-3-15-28-22-9-5-7-20(16-22)23(27)26-14-6-8-21(18-26)25(4-2)17-19-10-12-24-13-11-19/h3,5,7,9-13,16,21H,1,4,6,8,14-15,17-18H2,2H3. The number of hydrogen-bond donors (Lipinski definition) is 0. The Balaban J connectivity index is 1.66. The van der Waals surface area contributed by atoms with E-state index in [4.69, 9.17) is 4.74 Å². The highest BCUT2D eigenvalue weighted by Gasteiger charge is 2.28. The largest absolute Gasteiger partial charge is 0.490 e. The van der Waals surface area contributed by atoms with E-state index in [1.54, 1.807) is 6.08 Å². The predicted octanol–water partition coefficient (Wildman–Crippen LogP) is 3.77. The van der Waals surface area contributed by atoms with Crippen LogP contribution in [0.4, 0.5) is 0 Å². The number of ether oxygens (including phenoxy) is 1. The number of piperidine rings is 1. The van der Waals surface area contributed by atoms with Crippen LogP contribution in [0.15, 0.2) is 61.4 Å². The van der Waals surface area contributed by atoms with E-state index in [0.717, 1.165) is 39.0 Å². The van der Waals surface area contributed by atoms with Crippen LogP contribution in [-0.2, 0) is 6.54 Å². The molecular formula is C23H29N3O2. The number of aromatic nitrogens is 1. The van der Waals surface area contributed by atoms with Crippen molar-refractivity contribution in [3.05, 3.63) is 72.6 Å². The Morgan fingerprint density at radius 1 is 1.36 bits per heavy atom. The first-order valence-corrected chi connectivity index (χ1v) is 9.97. The van der Waals surface area contributed by atoms with E-state index in [9.17, 15) is 4.79 Å². The maximum Gasteiger partial charge on any atom is 0.254 e. The van der Waals surface area contributed by atoms with E-state index in [1.165, 1.54) is 5.56 Å². The fraction of sp³-hybridized carbons (Fsp3) is 0.391. The molecular weight excluding hydrogens is 350 g/mol. The fourth-order valence-corrected chi connectivity index (χ4v) is 3.72. The quantitative estimate of drug-likeness (QED) is 0.655. The van der Waals surface area contributed by atoms with E-state index >= 15 is 0 Å². The van der Waals surface area contributed by atoms with Crippen molar-refractivity contribution < 1.29 is 9.53 Å². The molecule has 1 amide bonds. The zero-order chi connectivity index (χ0) is 19.8. The number of carbonyl (C=O) groups excluding carboxylic acids is 1. The van der Waals surface area contributed by atoms with Crippen LogP contribution < -0.4 is 4.74 Å². The van der Waals surface area contributed by atoms with Crippen molar-refractivity contribution in [2.75, 3.05) is 26.2 Å². The lowest BCUT2D eigenvalue weighted by Crippen LogP contribution is -2.49. The number of likely N-dealkylation sites (tertiary alicyclic amines) is 1. The fourth-order valence-electron chi connectivity index (χ4n) is 3.72. The first kappa shape index (κ1) is 20.1. The summed E-state index contributed by atoms with van der Waals surface area (Å²) in [5, 5.41) is 0. The Morgan fingerprint density at radius 3 is 2.93 bits per heavy atom.